The summed E-state index contributed by atoms with van der Waals surface area (Å²) in [6.07, 6.45) is 0.843. The Hall–Kier alpha value is -0.730. The van der Waals surface area contributed by atoms with Gasteiger partial charge in [-0.3, -0.25) is 0 Å². The van der Waals surface area contributed by atoms with Crippen LogP contribution < -0.4 is 5.32 Å². The summed E-state index contributed by atoms with van der Waals surface area (Å²) >= 11 is 0. The molecule has 0 fully saturated rings. The van der Waals surface area contributed by atoms with Gasteiger partial charge in [0, 0.05) is 7.05 Å². The topological polar surface area (TPSA) is 38.3 Å². The first kappa shape index (κ1) is 18.1. The molecule has 0 aromatic heterocycles. The second-order valence-corrected chi connectivity index (χ2v) is 2.41. The van der Waals surface area contributed by atoms with Crippen LogP contribution in [0.2, 0.25) is 0 Å². The Balaban J connectivity index is -0.000000169. The fourth-order valence-electron chi connectivity index (χ4n) is 0.273. The Labute approximate surface area is 82.9 Å². The fourth-order valence-corrected chi connectivity index (χ4v) is 0.273. The van der Waals surface area contributed by atoms with Gasteiger partial charge in [-0.15, -0.1) is 0 Å². The van der Waals surface area contributed by atoms with Gasteiger partial charge in [0.15, 0.2) is 0 Å². The van der Waals surface area contributed by atoms with E-state index < -0.39 is 0 Å². The largest absolute Gasteiger partial charge is 0.447 e. The summed E-state index contributed by atoms with van der Waals surface area (Å²) in [6, 6.07) is 0. The summed E-state index contributed by atoms with van der Waals surface area (Å²) in [5, 5.41) is 2.34. The predicted molar refractivity (Wildman–Crippen MR) is 58.0 cm³/mol. The molecule has 1 amide bonds. The molecule has 3 heteroatoms. The summed E-state index contributed by atoms with van der Waals surface area (Å²) in [4.78, 5) is 10.3. The molecule has 0 aliphatic rings. The number of hydrogen-bond acceptors (Lipinski definition) is 2. The molecule has 0 rings (SSSR count). The Morgan fingerprint density at radius 2 is 1.62 bits per heavy atom. The van der Waals surface area contributed by atoms with Crippen molar-refractivity contribution in [1.82, 2.24) is 5.32 Å². The first-order chi connectivity index (χ1) is 6.08. The van der Waals surface area contributed by atoms with Crippen LogP contribution in [0.1, 0.15) is 48.0 Å². The number of carbonyl (C=O) groups is 1. The van der Waals surface area contributed by atoms with Gasteiger partial charge in [-0.1, -0.05) is 34.1 Å². The highest BCUT2D eigenvalue weighted by molar-refractivity contribution is 5.66. The number of carbonyl (C=O) groups excluding carboxylic acids is 1. The van der Waals surface area contributed by atoms with Gasteiger partial charge in [-0.2, -0.15) is 0 Å². The van der Waals surface area contributed by atoms with Crippen LogP contribution in [0.3, 0.4) is 0 Å². The molecule has 0 atom stereocenters. The molecule has 0 aliphatic carbocycles. The van der Waals surface area contributed by atoms with Crippen LogP contribution in [0.4, 0.5) is 4.79 Å². The third kappa shape index (κ3) is 34.9. The van der Waals surface area contributed by atoms with Crippen molar-refractivity contribution < 1.29 is 9.53 Å². The zero-order chi connectivity index (χ0) is 11.3. The number of rotatable bonds is 1. The standard InChI is InChI=1S/C5H11NO2.C3H8.C2H6/c1-4(2)8-5(7)6-3;1-3-2;1-2/h4H,1-3H3,(H,6,7);3H2,1-2H3;1-2H3. The molecule has 0 unspecified atom stereocenters. The predicted octanol–water partition coefficient (Wildman–Crippen LogP) is 3.19. The lowest BCUT2D eigenvalue weighted by Gasteiger charge is -2.04. The van der Waals surface area contributed by atoms with Crippen LogP contribution >= 0.6 is 0 Å². The van der Waals surface area contributed by atoms with E-state index in [-0.39, 0.29) is 12.2 Å². The molecule has 0 bridgehead atoms. The Morgan fingerprint density at radius 1 is 1.31 bits per heavy atom. The molecule has 0 radical (unpaired) electrons. The lowest BCUT2D eigenvalue weighted by molar-refractivity contribution is 0.117. The molecule has 3 nitrogen and oxygen atoms in total. The fraction of sp³-hybridized carbons (Fsp3) is 0.900. The van der Waals surface area contributed by atoms with Crippen molar-refractivity contribution in [1.29, 1.82) is 0 Å². The molecular formula is C10H25NO2. The minimum absolute atomic E-state index is 0.0325. The third-order valence-electron chi connectivity index (χ3n) is 0.547. The van der Waals surface area contributed by atoms with E-state index in [1.165, 1.54) is 13.5 Å². The first-order valence-corrected chi connectivity index (χ1v) is 4.96. The molecular weight excluding hydrogens is 166 g/mol. The van der Waals surface area contributed by atoms with Crippen LogP contribution in [-0.2, 0) is 4.74 Å². The molecule has 1 N–H and O–H groups in total. The Bertz CT molecular complexity index is 92.9. The SMILES string of the molecule is CC.CCC.CNC(=O)OC(C)C. The minimum Gasteiger partial charge on any atom is -0.447 e. The van der Waals surface area contributed by atoms with Crippen LogP contribution in [0.15, 0.2) is 0 Å². The maximum absolute atomic E-state index is 10.3. The third-order valence-corrected chi connectivity index (χ3v) is 0.547. The smallest absolute Gasteiger partial charge is 0.407 e. The lowest BCUT2D eigenvalue weighted by atomic mass is 10.5. The van der Waals surface area contributed by atoms with Crippen LogP contribution in [-0.4, -0.2) is 19.2 Å². The lowest BCUT2D eigenvalue weighted by Crippen LogP contribution is -2.22. The maximum Gasteiger partial charge on any atom is 0.407 e. The van der Waals surface area contributed by atoms with E-state index in [0.29, 0.717) is 0 Å². The summed E-state index contributed by atoms with van der Waals surface area (Å²) < 4.78 is 4.65. The van der Waals surface area contributed by atoms with Crippen molar-refractivity contribution in [3.8, 4) is 0 Å². The zero-order valence-corrected chi connectivity index (χ0v) is 10.1. The molecule has 0 heterocycles. The summed E-state index contributed by atoms with van der Waals surface area (Å²) in [6.45, 7) is 11.9. The second kappa shape index (κ2) is 17.4. The average molecular weight is 191 g/mol. The van der Waals surface area contributed by atoms with Gasteiger partial charge in [0.1, 0.15) is 0 Å². The highest BCUT2D eigenvalue weighted by atomic mass is 16.6. The molecule has 0 saturated heterocycles. The van der Waals surface area contributed by atoms with Gasteiger partial charge in [-0.25, -0.2) is 4.79 Å². The normalized spacial score (nSPS) is 7.38. The molecule has 82 valence electrons. The molecule has 0 aromatic rings. The number of amides is 1. The van der Waals surface area contributed by atoms with E-state index in [0.717, 1.165) is 0 Å². The van der Waals surface area contributed by atoms with Gasteiger partial charge in [0.05, 0.1) is 6.10 Å². The van der Waals surface area contributed by atoms with E-state index >= 15 is 0 Å². The summed E-state index contributed by atoms with van der Waals surface area (Å²) in [7, 11) is 1.53. The quantitative estimate of drug-likeness (QED) is 0.691. The van der Waals surface area contributed by atoms with Crippen LogP contribution in [0.5, 0.6) is 0 Å². The van der Waals surface area contributed by atoms with E-state index in [4.69, 9.17) is 0 Å². The summed E-state index contributed by atoms with van der Waals surface area (Å²) in [5.74, 6) is 0. The maximum atomic E-state index is 10.3. The Kier molecular flexibility index (Phi) is 24.2. The second-order valence-electron chi connectivity index (χ2n) is 2.41. The zero-order valence-electron chi connectivity index (χ0n) is 10.1. The van der Waals surface area contributed by atoms with E-state index in [9.17, 15) is 4.79 Å². The van der Waals surface area contributed by atoms with Crippen LogP contribution in [0.25, 0.3) is 0 Å². The van der Waals surface area contributed by atoms with Gasteiger partial charge < -0.3 is 10.1 Å². The number of alkyl carbamates (subject to hydrolysis) is 1. The first-order valence-electron chi connectivity index (χ1n) is 4.96. The van der Waals surface area contributed by atoms with Crippen LogP contribution in [0, 0.1) is 0 Å². The van der Waals surface area contributed by atoms with Gasteiger partial charge >= 0.3 is 6.09 Å². The van der Waals surface area contributed by atoms with Crippen molar-refractivity contribution in [2.75, 3.05) is 7.05 Å². The molecule has 0 saturated carbocycles. The minimum atomic E-state index is -0.375. The van der Waals surface area contributed by atoms with Gasteiger partial charge in [-0.05, 0) is 13.8 Å². The highest BCUT2D eigenvalue weighted by Gasteiger charge is 1.98. The van der Waals surface area contributed by atoms with Crippen molar-refractivity contribution in [2.24, 2.45) is 0 Å². The van der Waals surface area contributed by atoms with Gasteiger partial charge in [0.25, 0.3) is 0 Å². The highest BCUT2D eigenvalue weighted by Crippen LogP contribution is 1.85. The molecule has 0 spiro atoms. The number of hydrogen-bond donors (Lipinski definition) is 1. The van der Waals surface area contributed by atoms with Crippen molar-refractivity contribution in [3.05, 3.63) is 0 Å². The number of nitrogens with one attached hydrogen (secondary N) is 1. The van der Waals surface area contributed by atoms with E-state index in [1.807, 2.05) is 13.8 Å². The molecule has 0 aliphatic heterocycles. The summed E-state index contributed by atoms with van der Waals surface area (Å²) in [5.41, 5.74) is 0. The van der Waals surface area contributed by atoms with Crippen molar-refractivity contribution in [2.45, 2.75) is 54.1 Å². The average Bonchev–Trinajstić information content (AvgIpc) is 2.08. The number of ether oxygens (including phenoxy) is 1. The van der Waals surface area contributed by atoms with Crippen molar-refractivity contribution in [3.63, 3.8) is 0 Å². The van der Waals surface area contributed by atoms with E-state index in [1.54, 1.807) is 13.8 Å². The molecule has 0 aromatic carbocycles. The monoisotopic (exact) mass is 191 g/mol. The van der Waals surface area contributed by atoms with E-state index in [2.05, 4.69) is 23.9 Å². The van der Waals surface area contributed by atoms with Crippen molar-refractivity contribution >= 4 is 6.09 Å². The Morgan fingerprint density at radius 3 is 1.69 bits per heavy atom. The van der Waals surface area contributed by atoms with Gasteiger partial charge in [0.2, 0.25) is 0 Å². The molecule has 13 heavy (non-hydrogen) atoms.